The molecule has 2 aliphatic rings. The Morgan fingerprint density at radius 1 is 1.40 bits per heavy atom. The number of ketones is 1. The Labute approximate surface area is 87.4 Å². The summed E-state index contributed by atoms with van der Waals surface area (Å²) in [5.74, 6) is -0.442. The van der Waals surface area contributed by atoms with E-state index in [0.717, 1.165) is 0 Å². The summed E-state index contributed by atoms with van der Waals surface area (Å²) in [6.07, 6.45) is -1.44. The quantitative estimate of drug-likeness (QED) is 0.446. The van der Waals surface area contributed by atoms with Crippen molar-refractivity contribution in [3.8, 4) is 0 Å². The number of esters is 1. The number of aliphatic hydroxyl groups excluding tert-OH is 1. The lowest BCUT2D eigenvalue weighted by Crippen LogP contribution is -2.28. The van der Waals surface area contributed by atoms with Gasteiger partial charge in [0.15, 0.2) is 5.78 Å². The number of fused-ring (bicyclic) bond motifs is 1. The predicted octanol–water partition coefficient (Wildman–Crippen LogP) is -0.201. The van der Waals surface area contributed by atoms with Gasteiger partial charge in [-0.1, -0.05) is 0 Å². The van der Waals surface area contributed by atoms with Crippen LogP contribution in [0, 0.1) is 0 Å². The zero-order valence-electron chi connectivity index (χ0n) is 8.51. The summed E-state index contributed by atoms with van der Waals surface area (Å²) >= 11 is 0. The summed E-state index contributed by atoms with van der Waals surface area (Å²) in [5, 5.41) is 9.54. The standard InChI is InChI=1S/C10H14O5/c1-5-2-3-6(11)9-10(15-9)7(12)4-8(13)14-5/h5,7,9-10,12H,2-4H2,1H3/t5-,7+,9+,10-/m1/s1. The highest BCUT2D eigenvalue weighted by Gasteiger charge is 2.49. The number of hydrogen-bond acceptors (Lipinski definition) is 5. The van der Waals surface area contributed by atoms with E-state index < -0.39 is 24.3 Å². The highest BCUT2D eigenvalue weighted by atomic mass is 16.6. The Bertz CT molecular complexity index is 288. The molecule has 2 saturated heterocycles. The van der Waals surface area contributed by atoms with Crippen LogP contribution in [0.5, 0.6) is 0 Å². The number of ether oxygens (including phenoxy) is 2. The van der Waals surface area contributed by atoms with Gasteiger partial charge in [0.2, 0.25) is 0 Å². The van der Waals surface area contributed by atoms with Crippen molar-refractivity contribution < 1.29 is 24.2 Å². The molecule has 0 radical (unpaired) electrons. The first-order valence-electron chi connectivity index (χ1n) is 5.13. The van der Waals surface area contributed by atoms with Crippen LogP contribution in [0.1, 0.15) is 26.2 Å². The summed E-state index contributed by atoms with van der Waals surface area (Å²) in [5.41, 5.74) is 0. The van der Waals surface area contributed by atoms with Crippen LogP contribution >= 0.6 is 0 Å². The second-order valence-electron chi connectivity index (χ2n) is 4.10. The molecule has 0 aromatic rings. The zero-order valence-corrected chi connectivity index (χ0v) is 8.51. The van der Waals surface area contributed by atoms with Crippen molar-refractivity contribution >= 4 is 11.8 Å². The minimum Gasteiger partial charge on any atom is -0.463 e. The van der Waals surface area contributed by atoms with Crippen LogP contribution in [0.15, 0.2) is 0 Å². The Kier molecular flexibility index (Phi) is 2.75. The van der Waals surface area contributed by atoms with Gasteiger partial charge >= 0.3 is 5.97 Å². The molecule has 0 aromatic carbocycles. The Hall–Kier alpha value is -0.940. The van der Waals surface area contributed by atoms with E-state index in [2.05, 4.69) is 0 Å². The molecule has 0 unspecified atom stereocenters. The Morgan fingerprint density at radius 3 is 2.87 bits per heavy atom. The third kappa shape index (κ3) is 2.35. The van der Waals surface area contributed by atoms with Crippen molar-refractivity contribution in [2.75, 3.05) is 0 Å². The molecular formula is C10H14O5. The van der Waals surface area contributed by atoms with Gasteiger partial charge in [-0.2, -0.15) is 0 Å². The van der Waals surface area contributed by atoms with Gasteiger partial charge in [-0.25, -0.2) is 0 Å². The van der Waals surface area contributed by atoms with Gasteiger partial charge in [0.25, 0.3) is 0 Å². The molecular weight excluding hydrogens is 200 g/mol. The first-order valence-corrected chi connectivity index (χ1v) is 5.13. The van der Waals surface area contributed by atoms with Crippen molar-refractivity contribution in [3.63, 3.8) is 0 Å². The molecule has 0 aromatic heterocycles. The molecule has 4 atom stereocenters. The van der Waals surface area contributed by atoms with Gasteiger partial charge < -0.3 is 14.6 Å². The minimum atomic E-state index is -0.920. The zero-order chi connectivity index (χ0) is 11.0. The number of hydrogen-bond donors (Lipinski definition) is 1. The molecule has 0 saturated carbocycles. The summed E-state index contributed by atoms with van der Waals surface area (Å²) < 4.78 is 10.1. The number of Topliss-reactive ketones (excluding diaryl/α,β-unsaturated/α-hetero) is 1. The molecule has 2 heterocycles. The van der Waals surface area contributed by atoms with Crippen molar-refractivity contribution in [2.24, 2.45) is 0 Å². The summed E-state index contributed by atoms with van der Waals surface area (Å²) in [6, 6.07) is 0. The van der Waals surface area contributed by atoms with Gasteiger partial charge in [0, 0.05) is 6.42 Å². The lowest BCUT2D eigenvalue weighted by atomic mass is 10.0. The van der Waals surface area contributed by atoms with E-state index >= 15 is 0 Å². The number of cyclic esters (lactones) is 1. The highest BCUT2D eigenvalue weighted by Crippen LogP contribution is 2.30. The van der Waals surface area contributed by atoms with Crippen LogP contribution in [-0.4, -0.2) is 41.3 Å². The summed E-state index contributed by atoms with van der Waals surface area (Å²) in [6.45, 7) is 1.74. The highest BCUT2D eigenvalue weighted by molar-refractivity contribution is 5.86. The summed E-state index contributed by atoms with van der Waals surface area (Å²) in [7, 11) is 0. The maximum absolute atomic E-state index is 11.5. The maximum atomic E-state index is 11.5. The van der Waals surface area contributed by atoms with E-state index in [1.807, 2.05) is 0 Å². The smallest absolute Gasteiger partial charge is 0.308 e. The molecule has 2 fully saturated rings. The van der Waals surface area contributed by atoms with Crippen molar-refractivity contribution in [1.29, 1.82) is 0 Å². The van der Waals surface area contributed by atoms with Gasteiger partial charge in [-0.05, 0) is 13.3 Å². The molecule has 5 heteroatoms. The van der Waals surface area contributed by atoms with Crippen LogP contribution in [-0.2, 0) is 19.1 Å². The fourth-order valence-electron chi connectivity index (χ4n) is 1.78. The molecule has 2 aliphatic heterocycles. The molecule has 0 bridgehead atoms. The number of carbonyl (C=O) groups is 2. The lowest BCUT2D eigenvalue weighted by Gasteiger charge is -2.15. The number of epoxide rings is 1. The fourth-order valence-corrected chi connectivity index (χ4v) is 1.78. The number of aliphatic hydroxyl groups is 1. The average molecular weight is 214 g/mol. The van der Waals surface area contributed by atoms with E-state index in [1.54, 1.807) is 6.92 Å². The van der Waals surface area contributed by atoms with E-state index in [-0.39, 0.29) is 18.3 Å². The molecule has 1 N–H and O–H groups in total. The van der Waals surface area contributed by atoms with Crippen LogP contribution < -0.4 is 0 Å². The van der Waals surface area contributed by atoms with Crippen LogP contribution in [0.2, 0.25) is 0 Å². The van der Waals surface area contributed by atoms with Crippen molar-refractivity contribution in [2.45, 2.75) is 50.6 Å². The summed E-state index contributed by atoms with van der Waals surface area (Å²) in [4.78, 5) is 22.7. The van der Waals surface area contributed by atoms with Gasteiger partial charge in [-0.15, -0.1) is 0 Å². The van der Waals surface area contributed by atoms with Crippen molar-refractivity contribution in [1.82, 2.24) is 0 Å². The predicted molar refractivity (Wildman–Crippen MR) is 49.1 cm³/mol. The third-order valence-corrected chi connectivity index (χ3v) is 2.73. The molecule has 15 heavy (non-hydrogen) atoms. The SMILES string of the molecule is C[C@@H]1CCC(=O)[C@@H]2O[C@@H]2[C@@H](O)CC(=O)O1. The fraction of sp³-hybridized carbons (Fsp3) is 0.800. The normalized spacial score (nSPS) is 41.7. The molecule has 0 aliphatic carbocycles. The second-order valence-corrected chi connectivity index (χ2v) is 4.10. The van der Waals surface area contributed by atoms with Crippen LogP contribution in [0.25, 0.3) is 0 Å². The maximum Gasteiger partial charge on any atom is 0.308 e. The van der Waals surface area contributed by atoms with Crippen molar-refractivity contribution in [3.05, 3.63) is 0 Å². The Morgan fingerprint density at radius 2 is 2.13 bits per heavy atom. The van der Waals surface area contributed by atoms with E-state index in [4.69, 9.17) is 9.47 Å². The largest absolute Gasteiger partial charge is 0.463 e. The molecule has 5 nitrogen and oxygen atoms in total. The lowest BCUT2D eigenvalue weighted by molar-refractivity contribution is -0.151. The van der Waals surface area contributed by atoms with Gasteiger partial charge in [-0.3, -0.25) is 9.59 Å². The second kappa shape index (κ2) is 3.90. The van der Waals surface area contributed by atoms with E-state index in [9.17, 15) is 14.7 Å². The van der Waals surface area contributed by atoms with Crippen LogP contribution in [0.4, 0.5) is 0 Å². The average Bonchev–Trinajstić information content (AvgIpc) is 2.92. The molecule has 2 rings (SSSR count). The molecule has 84 valence electrons. The third-order valence-electron chi connectivity index (χ3n) is 2.73. The Balaban J connectivity index is 2.02. The monoisotopic (exact) mass is 214 g/mol. The first kappa shape index (κ1) is 10.6. The minimum absolute atomic E-state index is 0.0103. The van der Waals surface area contributed by atoms with E-state index in [0.29, 0.717) is 12.8 Å². The van der Waals surface area contributed by atoms with E-state index in [1.165, 1.54) is 0 Å². The van der Waals surface area contributed by atoms with Gasteiger partial charge in [0.05, 0.1) is 18.6 Å². The first-order chi connectivity index (χ1) is 7.08. The number of carbonyl (C=O) groups excluding carboxylic acids is 2. The number of rotatable bonds is 0. The topological polar surface area (TPSA) is 76.1 Å². The van der Waals surface area contributed by atoms with Gasteiger partial charge in [0.1, 0.15) is 12.2 Å². The molecule has 0 spiro atoms. The van der Waals surface area contributed by atoms with Crippen LogP contribution in [0.3, 0.4) is 0 Å². The molecule has 0 amide bonds.